The minimum Gasteiger partial charge on any atom is -0.369 e. The lowest BCUT2D eigenvalue weighted by molar-refractivity contribution is -0.121. The minimum absolute atomic E-state index is 0.335. The van der Waals surface area contributed by atoms with E-state index in [1.54, 1.807) is 19.9 Å². The molecule has 1 aromatic heterocycles. The molecule has 0 aromatic carbocycles. The van der Waals surface area contributed by atoms with Gasteiger partial charge in [0, 0.05) is 6.54 Å². The Hall–Kier alpha value is -1.20. The summed E-state index contributed by atoms with van der Waals surface area (Å²) in [7, 11) is 0. The molecule has 1 rings (SSSR count). The van der Waals surface area contributed by atoms with Gasteiger partial charge in [0.05, 0.1) is 10.0 Å². The molecule has 0 bridgehead atoms. The molecule has 1 aromatic rings. The van der Waals surface area contributed by atoms with Crippen LogP contribution in [0.2, 0.25) is 10.0 Å². The van der Waals surface area contributed by atoms with Gasteiger partial charge in [0.2, 0.25) is 5.91 Å². The Morgan fingerprint density at radius 3 is 2.47 bits per heavy atom. The molecular weight excluding hydrogens is 287 g/mol. The molecule has 0 fully saturated rings. The van der Waals surface area contributed by atoms with Gasteiger partial charge in [-0.25, -0.2) is 4.98 Å². The number of nitrogens with two attached hydrogens (primary N) is 1. The van der Waals surface area contributed by atoms with Crippen molar-refractivity contribution >= 4 is 40.7 Å². The van der Waals surface area contributed by atoms with Gasteiger partial charge in [-0.1, -0.05) is 30.1 Å². The summed E-state index contributed by atoms with van der Waals surface area (Å²) < 4.78 is 0. The number of nitrogens with zero attached hydrogens (tertiary/aromatic N) is 1. The van der Waals surface area contributed by atoms with Gasteiger partial charge in [0.1, 0.15) is 17.2 Å². The van der Waals surface area contributed by atoms with Crippen LogP contribution in [-0.4, -0.2) is 23.0 Å². The Labute approximate surface area is 122 Å². The molecule has 0 radical (unpaired) electrons. The highest BCUT2D eigenvalue weighted by Gasteiger charge is 2.26. The predicted molar refractivity (Wildman–Crippen MR) is 79.9 cm³/mol. The van der Waals surface area contributed by atoms with Crippen LogP contribution in [0.5, 0.6) is 0 Å². The Balaban J connectivity index is 3.04. The maximum atomic E-state index is 11.3. The Kier molecular flexibility index (Phi) is 5.26. The molecule has 0 atom stereocenters. The number of rotatable bonds is 6. The number of aromatic nitrogens is 1. The number of carbonyl (C=O) groups is 1. The van der Waals surface area contributed by atoms with E-state index in [0.717, 1.165) is 13.0 Å². The van der Waals surface area contributed by atoms with E-state index in [4.69, 9.17) is 28.9 Å². The SMILES string of the molecule is CCCNc1nc(NC(C)(C)C(N)=O)c(Cl)cc1Cl. The lowest BCUT2D eigenvalue weighted by atomic mass is 10.1. The quantitative estimate of drug-likeness (QED) is 0.755. The normalized spacial score (nSPS) is 11.2. The zero-order chi connectivity index (χ0) is 14.6. The maximum absolute atomic E-state index is 11.3. The molecule has 4 N–H and O–H groups in total. The van der Waals surface area contributed by atoms with Crippen molar-refractivity contribution in [2.24, 2.45) is 5.73 Å². The van der Waals surface area contributed by atoms with Gasteiger partial charge in [0.25, 0.3) is 0 Å². The van der Waals surface area contributed by atoms with Crippen LogP contribution in [0.3, 0.4) is 0 Å². The second kappa shape index (κ2) is 6.30. The van der Waals surface area contributed by atoms with Crippen molar-refractivity contribution < 1.29 is 4.79 Å². The highest BCUT2D eigenvalue weighted by Crippen LogP contribution is 2.30. The number of carbonyl (C=O) groups excluding carboxylic acids is 1. The standard InChI is InChI=1S/C12H18Cl2N4O/c1-4-5-16-9-7(13)6-8(14)10(17-9)18-12(2,3)11(15)19/h6H,4-5H2,1-3H3,(H2,15,19)(H2,16,17,18). The van der Waals surface area contributed by atoms with Gasteiger partial charge in [-0.15, -0.1) is 0 Å². The van der Waals surface area contributed by atoms with Crippen molar-refractivity contribution in [3.63, 3.8) is 0 Å². The molecule has 19 heavy (non-hydrogen) atoms. The van der Waals surface area contributed by atoms with E-state index in [2.05, 4.69) is 15.6 Å². The summed E-state index contributed by atoms with van der Waals surface area (Å²) in [5, 5.41) is 6.77. The zero-order valence-corrected chi connectivity index (χ0v) is 12.7. The van der Waals surface area contributed by atoms with Gasteiger partial charge in [-0.05, 0) is 26.3 Å². The van der Waals surface area contributed by atoms with Crippen LogP contribution >= 0.6 is 23.2 Å². The Morgan fingerprint density at radius 1 is 1.37 bits per heavy atom. The fourth-order valence-corrected chi connectivity index (χ4v) is 1.75. The van der Waals surface area contributed by atoms with Gasteiger partial charge < -0.3 is 16.4 Å². The van der Waals surface area contributed by atoms with Crippen LogP contribution in [0.1, 0.15) is 27.2 Å². The fourth-order valence-electron chi connectivity index (χ4n) is 1.28. The number of amides is 1. The molecule has 106 valence electrons. The largest absolute Gasteiger partial charge is 0.369 e. The first kappa shape index (κ1) is 15.9. The van der Waals surface area contributed by atoms with E-state index in [1.165, 1.54) is 0 Å². The molecule has 0 saturated carbocycles. The van der Waals surface area contributed by atoms with E-state index in [1.807, 2.05) is 6.92 Å². The smallest absolute Gasteiger partial charge is 0.242 e. The van der Waals surface area contributed by atoms with Crippen LogP contribution in [0.15, 0.2) is 6.07 Å². The van der Waals surface area contributed by atoms with Crippen LogP contribution in [0.4, 0.5) is 11.6 Å². The van der Waals surface area contributed by atoms with E-state index in [9.17, 15) is 4.79 Å². The predicted octanol–water partition coefficient (Wildman–Crippen LogP) is 2.89. The van der Waals surface area contributed by atoms with Gasteiger partial charge in [-0.3, -0.25) is 4.79 Å². The van der Waals surface area contributed by atoms with E-state index in [-0.39, 0.29) is 0 Å². The van der Waals surface area contributed by atoms with Crippen LogP contribution < -0.4 is 16.4 Å². The summed E-state index contributed by atoms with van der Waals surface area (Å²) in [6, 6.07) is 1.58. The Morgan fingerprint density at radius 2 is 1.95 bits per heavy atom. The molecule has 0 aliphatic heterocycles. The molecule has 0 aliphatic rings. The summed E-state index contributed by atoms with van der Waals surface area (Å²) in [5.74, 6) is 0.396. The fraction of sp³-hybridized carbons (Fsp3) is 0.500. The minimum atomic E-state index is -0.952. The third-order valence-corrected chi connectivity index (χ3v) is 3.10. The van der Waals surface area contributed by atoms with E-state index >= 15 is 0 Å². The number of nitrogens with one attached hydrogen (secondary N) is 2. The molecule has 7 heteroatoms. The lowest BCUT2D eigenvalue weighted by Crippen LogP contribution is -2.45. The van der Waals surface area contributed by atoms with Crippen LogP contribution in [0, 0.1) is 0 Å². The van der Waals surface area contributed by atoms with Crippen LogP contribution in [0.25, 0.3) is 0 Å². The Bertz CT molecular complexity index is 477. The number of anilines is 2. The number of hydrogen-bond acceptors (Lipinski definition) is 4. The first-order valence-electron chi connectivity index (χ1n) is 5.96. The van der Waals surface area contributed by atoms with Gasteiger partial charge >= 0.3 is 0 Å². The topological polar surface area (TPSA) is 80.0 Å². The van der Waals surface area contributed by atoms with Crippen LogP contribution in [-0.2, 0) is 4.79 Å². The summed E-state index contributed by atoms with van der Waals surface area (Å²) >= 11 is 12.1. The van der Waals surface area contributed by atoms with Crippen molar-refractivity contribution in [3.05, 3.63) is 16.1 Å². The molecule has 0 aliphatic carbocycles. The molecule has 1 heterocycles. The van der Waals surface area contributed by atoms with Crippen molar-refractivity contribution in [3.8, 4) is 0 Å². The first-order chi connectivity index (χ1) is 8.77. The molecule has 5 nitrogen and oxygen atoms in total. The lowest BCUT2D eigenvalue weighted by Gasteiger charge is -2.24. The average molecular weight is 305 g/mol. The molecular formula is C12H18Cl2N4O. The molecule has 0 spiro atoms. The summed E-state index contributed by atoms with van der Waals surface area (Å²) in [6.07, 6.45) is 0.941. The number of halogens is 2. The number of pyridine rings is 1. The van der Waals surface area contributed by atoms with Gasteiger partial charge in [-0.2, -0.15) is 0 Å². The number of hydrogen-bond donors (Lipinski definition) is 3. The number of primary amides is 1. The summed E-state index contributed by atoms with van der Waals surface area (Å²) in [6.45, 7) is 6.08. The second-order valence-electron chi connectivity index (χ2n) is 4.69. The van der Waals surface area contributed by atoms with Crippen molar-refractivity contribution in [1.82, 2.24) is 4.98 Å². The summed E-state index contributed by atoms with van der Waals surface area (Å²) in [4.78, 5) is 15.6. The van der Waals surface area contributed by atoms with Crippen molar-refractivity contribution in [1.29, 1.82) is 0 Å². The highest BCUT2D eigenvalue weighted by atomic mass is 35.5. The van der Waals surface area contributed by atoms with Crippen molar-refractivity contribution in [2.75, 3.05) is 17.2 Å². The monoisotopic (exact) mass is 304 g/mol. The first-order valence-corrected chi connectivity index (χ1v) is 6.71. The maximum Gasteiger partial charge on any atom is 0.242 e. The van der Waals surface area contributed by atoms with E-state index < -0.39 is 11.4 Å². The van der Waals surface area contributed by atoms with Crippen molar-refractivity contribution in [2.45, 2.75) is 32.7 Å². The second-order valence-corrected chi connectivity index (χ2v) is 5.50. The van der Waals surface area contributed by atoms with E-state index in [0.29, 0.717) is 21.7 Å². The summed E-state index contributed by atoms with van der Waals surface area (Å²) in [5.41, 5.74) is 4.35. The molecule has 0 saturated heterocycles. The highest BCUT2D eigenvalue weighted by molar-refractivity contribution is 6.37. The third-order valence-electron chi connectivity index (χ3n) is 2.52. The van der Waals surface area contributed by atoms with Gasteiger partial charge in [0.15, 0.2) is 0 Å². The zero-order valence-electron chi connectivity index (χ0n) is 11.2. The average Bonchev–Trinajstić information content (AvgIpc) is 2.30. The molecule has 0 unspecified atom stereocenters. The third kappa shape index (κ3) is 4.14. The molecule has 1 amide bonds.